The Kier molecular flexibility index (Phi) is 593. The Morgan fingerprint density at radius 1 is 0.571 bits per heavy atom. The Labute approximate surface area is 118 Å². The van der Waals surface area contributed by atoms with Gasteiger partial charge in [0.25, 0.3) is 0 Å². The zero-order valence-corrected chi connectivity index (χ0v) is 14.0. The standard InChI is InChI=1S/Mg.4S.Sn.Zn/q+2;4*-2;+4;+2. The van der Waals surface area contributed by atoms with Crippen molar-refractivity contribution >= 4 is 101 Å². The molecule has 0 spiro atoms. The van der Waals surface area contributed by atoms with Gasteiger partial charge in [0.15, 0.2) is 0 Å². The first-order valence-electron chi connectivity index (χ1n) is 0. The molecule has 0 aromatic heterocycles. The van der Waals surface area contributed by atoms with Crippen LogP contribution in [0.5, 0.6) is 0 Å². The monoisotopic (exact) mass is 336 g/mol. The van der Waals surface area contributed by atoms with E-state index in [0.717, 1.165) is 0 Å². The fourth-order valence-electron chi connectivity index (χ4n) is 0. The zero-order chi connectivity index (χ0) is 0. The molecule has 0 amide bonds. The van der Waals surface area contributed by atoms with E-state index in [-0.39, 0.29) is 120 Å². The summed E-state index contributed by atoms with van der Waals surface area (Å²) in [7, 11) is 0. The van der Waals surface area contributed by atoms with Gasteiger partial charge in [-0.25, -0.2) is 0 Å². The summed E-state index contributed by atoms with van der Waals surface area (Å²) in [6.07, 6.45) is 0. The Bertz CT molecular complexity index is 11.7. The van der Waals surface area contributed by atoms with Crippen molar-refractivity contribution in [2.24, 2.45) is 0 Å². The summed E-state index contributed by atoms with van der Waals surface area (Å²) >= 11 is 0. The summed E-state index contributed by atoms with van der Waals surface area (Å²) in [5, 5.41) is 0. The second kappa shape index (κ2) is 54.9. The van der Waals surface area contributed by atoms with E-state index < -0.39 is 0 Å². The van der Waals surface area contributed by atoms with Gasteiger partial charge in [-0.05, 0) is 0 Å². The molecule has 32 valence electrons. The van der Waals surface area contributed by atoms with Crippen molar-refractivity contribution in [1.82, 2.24) is 0 Å². The molecule has 0 aliphatic rings. The molecule has 0 aliphatic heterocycles. The smallest absolute Gasteiger partial charge is 2.00 e. The van der Waals surface area contributed by atoms with E-state index >= 15 is 0 Å². The first-order chi connectivity index (χ1) is 0. The molecular weight excluding hydrogens is 337 g/mol. The van der Waals surface area contributed by atoms with E-state index in [1.165, 1.54) is 0 Å². The van der Waals surface area contributed by atoms with Gasteiger partial charge in [-0.15, -0.1) is 0 Å². The number of rotatable bonds is 0. The Morgan fingerprint density at radius 2 is 0.571 bits per heavy atom. The van der Waals surface area contributed by atoms with E-state index in [2.05, 4.69) is 0 Å². The van der Waals surface area contributed by atoms with Crippen LogP contribution in [0.2, 0.25) is 0 Å². The Balaban J connectivity index is 0. The number of hydrogen-bond donors (Lipinski definition) is 0. The second-order valence-corrected chi connectivity index (χ2v) is 0. The molecule has 0 rings (SSSR count). The summed E-state index contributed by atoms with van der Waals surface area (Å²) in [5.74, 6) is 0. The quantitative estimate of drug-likeness (QED) is 0.510. The van der Waals surface area contributed by atoms with Crippen LogP contribution in [0.4, 0.5) is 0 Å². The fourth-order valence-corrected chi connectivity index (χ4v) is 0. The molecule has 0 nitrogen and oxygen atoms in total. The van der Waals surface area contributed by atoms with Gasteiger partial charge in [0.05, 0.1) is 0 Å². The molecule has 0 heterocycles. The summed E-state index contributed by atoms with van der Waals surface area (Å²) in [6, 6.07) is 0. The maximum Gasteiger partial charge on any atom is 4.00 e. The second-order valence-electron chi connectivity index (χ2n) is 0. The van der Waals surface area contributed by atoms with Crippen LogP contribution in [-0.4, -0.2) is 47.0 Å². The predicted octanol–water partition coefficient (Wildman–Crippen LogP) is -0.774. The summed E-state index contributed by atoms with van der Waals surface area (Å²) < 4.78 is 0. The maximum atomic E-state index is 0. The van der Waals surface area contributed by atoms with Gasteiger partial charge in [-0.1, -0.05) is 0 Å². The van der Waals surface area contributed by atoms with Gasteiger partial charge >= 0.3 is 66.4 Å². The molecule has 7 heavy (non-hydrogen) atoms. The third-order valence-electron chi connectivity index (χ3n) is 0. The molecule has 0 saturated carbocycles. The predicted molar refractivity (Wildman–Crippen MR) is 41.0 cm³/mol. The molecule has 0 aromatic rings. The average molecular weight is 337 g/mol. The molecule has 0 N–H and O–H groups in total. The van der Waals surface area contributed by atoms with Crippen LogP contribution in [0, 0.1) is 0 Å². The van der Waals surface area contributed by atoms with E-state index in [4.69, 9.17) is 0 Å². The third-order valence-corrected chi connectivity index (χ3v) is 0. The van der Waals surface area contributed by atoms with Gasteiger partial charge in [0, 0.05) is 0 Å². The molecular formula is MgS4SnZn. The molecule has 0 atom stereocenters. The maximum absolute atomic E-state index is 0. The Hall–Kier alpha value is 3.59. The van der Waals surface area contributed by atoms with E-state index in [1.807, 2.05) is 0 Å². The van der Waals surface area contributed by atoms with Crippen LogP contribution in [0.25, 0.3) is 0 Å². The third kappa shape index (κ3) is 42.9. The van der Waals surface area contributed by atoms with Gasteiger partial charge in [-0.2, -0.15) is 0 Å². The largest absolute Gasteiger partial charge is 4.00 e. The minimum atomic E-state index is 0. The van der Waals surface area contributed by atoms with Gasteiger partial charge in [0.2, 0.25) is 0 Å². The SMILES string of the molecule is [Mg+2].[S-2].[S-2].[S-2].[S-2].[Sn+4].[Zn+2]. The molecule has 0 fully saturated rings. The van der Waals surface area contributed by atoms with E-state index in [0.29, 0.717) is 0 Å². The van der Waals surface area contributed by atoms with Crippen molar-refractivity contribution in [2.45, 2.75) is 0 Å². The van der Waals surface area contributed by atoms with Crippen LogP contribution in [0.15, 0.2) is 0 Å². The van der Waals surface area contributed by atoms with Crippen molar-refractivity contribution in [2.75, 3.05) is 0 Å². The summed E-state index contributed by atoms with van der Waals surface area (Å²) in [4.78, 5) is 0. The van der Waals surface area contributed by atoms with Gasteiger partial charge in [-0.3, -0.25) is 0 Å². The number of hydrogen-bond acceptors (Lipinski definition) is 0. The minimum Gasteiger partial charge on any atom is -2.00 e. The van der Waals surface area contributed by atoms with Crippen molar-refractivity contribution in [3.8, 4) is 0 Å². The van der Waals surface area contributed by atoms with Crippen LogP contribution >= 0.6 is 0 Å². The average Bonchev–Trinajstić information content (AvgIpc) is 0. The van der Waals surface area contributed by atoms with Crippen LogP contribution in [-0.2, 0) is 73.5 Å². The molecule has 0 saturated heterocycles. The zero-order valence-electron chi connectivity index (χ0n) is 3.55. The van der Waals surface area contributed by atoms with E-state index in [9.17, 15) is 0 Å². The van der Waals surface area contributed by atoms with Gasteiger partial charge in [0.1, 0.15) is 0 Å². The summed E-state index contributed by atoms with van der Waals surface area (Å²) in [6.45, 7) is 0. The first kappa shape index (κ1) is 75.6. The van der Waals surface area contributed by atoms with E-state index in [1.54, 1.807) is 0 Å². The molecule has 0 bridgehead atoms. The summed E-state index contributed by atoms with van der Waals surface area (Å²) in [5.41, 5.74) is 0. The van der Waals surface area contributed by atoms with Gasteiger partial charge < -0.3 is 54.0 Å². The van der Waals surface area contributed by atoms with Crippen LogP contribution < -0.4 is 0 Å². The minimum absolute atomic E-state index is 0. The first-order valence-corrected chi connectivity index (χ1v) is 0. The van der Waals surface area contributed by atoms with Crippen molar-refractivity contribution in [3.05, 3.63) is 0 Å². The molecule has 0 aliphatic carbocycles. The molecule has 0 aromatic carbocycles. The normalized spacial score (nSPS) is 0. The van der Waals surface area contributed by atoms with Crippen molar-refractivity contribution in [3.63, 3.8) is 0 Å². The van der Waals surface area contributed by atoms with Crippen molar-refractivity contribution < 1.29 is 19.5 Å². The van der Waals surface area contributed by atoms with Crippen LogP contribution in [0.1, 0.15) is 0 Å². The van der Waals surface area contributed by atoms with Crippen molar-refractivity contribution in [1.29, 1.82) is 0 Å². The molecule has 0 radical (unpaired) electrons. The fraction of sp³-hybridized carbons (Fsp3) is 0. The van der Waals surface area contributed by atoms with Crippen LogP contribution in [0.3, 0.4) is 0 Å². The Morgan fingerprint density at radius 3 is 0.571 bits per heavy atom. The topological polar surface area (TPSA) is 0 Å². The molecule has 0 unspecified atom stereocenters. The molecule has 7 heteroatoms.